The molecule has 2 aromatic carbocycles. The van der Waals surface area contributed by atoms with Crippen LogP contribution >= 0.6 is 0 Å². The lowest BCUT2D eigenvalue weighted by atomic mass is 9.99. The van der Waals surface area contributed by atoms with Crippen LogP contribution in [-0.4, -0.2) is 34.0 Å². The van der Waals surface area contributed by atoms with E-state index in [1.165, 1.54) is 5.56 Å². The highest BCUT2D eigenvalue weighted by Crippen LogP contribution is 2.20. The lowest BCUT2D eigenvalue weighted by molar-refractivity contribution is -0.140. The summed E-state index contributed by atoms with van der Waals surface area (Å²) in [6.45, 7) is 6.92. The van der Waals surface area contributed by atoms with Crippen molar-refractivity contribution < 1.29 is 14.3 Å². The van der Waals surface area contributed by atoms with Crippen LogP contribution in [0.25, 0.3) is 5.69 Å². The van der Waals surface area contributed by atoms with Gasteiger partial charge in [-0.1, -0.05) is 24.3 Å². The Morgan fingerprint density at radius 1 is 0.900 bits per heavy atom. The van der Waals surface area contributed by atoms with Crippen LogP contribution in [-0.2, 0) is 22.5 Å². The Morgan fingerprint density at radius 3 is 2.20 bits per heavy atom. The van der Waals surface area contributed by atoms with E-state index in [-0.39, 0.29) is 5.91 Å². The molecule has 1 aromatic heterocycles. The van der Waals surface area contributed by atoms with Crippen molar-refractivity contribution in [2.45, 2.75) is 39.8 Å². The van der Waals surface area contributed by atoms with Crippen molar-refractivity contribution in [1.82, 2.24) is 9.47 Å². The van der Waals surface area contributed by atoms with E-state index < -0.39 is 12.1 Å². The maximum absolute atomic E-state index is 12.8. The van der Waals surface area contributed by atoms with E-state index in [4.69, 9.17) is 4.74 Å². The molecule has 2 heterocycles. The third kappa shape index (κ3) is 3.88. The monoisotopic (exact) mass is 402 g/mol. The van der Waals surface area contributed by atoms with Gasteiger partial charge >= 0.3 is 5.97 Å². The summed E-state index contributed by atoms with van der Waals surface area (Å²) in [4.78, 5) is 27.1. The molecule has 0 N–H and O–H groups in total. The van der Waals surface area contributed by atoms with Gasteiger partial charge in [0.05, 0.1) is 5.56 Å². The number of amides is 1. The van der Waals surface area contributed by atoms with Crippen molar-refractivity contribution in [3.63, 3.8) is 0 Å². The summed E-state index contributed by atoms with van der Waals surface area (Å²) < 4.78 is 7.60. The number of esters is 1. The van der Waals surface area contributed by atoms with E-state index in [1.54, 1.807) is 24.0 Å². The van der Waals surface area contributed by atoms with Crippen molar-refractivity contribution in [3.8, 4) is 5.69 Å². The van der Waals surface area contributed by atoms with Crippen LogP contribution in [0.1, 0.15) is 39.8 Å². The van der Waals surface area contributed by atoms with Crippen LogP contribution in [0.5, 0.6) is 0 Å². The standard InChI is InChI=1S/C25H26N2O3/c1-17-8-9-18(2)27(17)23-12-10-21(11-13-23)25(29)30-19(3)24(28)26-15-14-20-6-4-5-7-22(20)16-26/h4-13,19H,14-16H2,1-3H3/t19-/m0/s1. The molecule has 0 aliphatic carbocycles. The predicted octanol–water partition coefficient (Wildman–Crippen LogP) is 4.22. The summed E-state index contributed by atoms with van der Waals surface area (Å²) in [6, 6.07) is 19.5. The fraction of sp³-hybridized carbons (Fsp3) is 0.280. The molecule has 0 saturated heterocycles. The lowest BCUT2D eigenvalue weighted by Gasteiger charge is -2.30. The van der Waals surface area contributed by atoms with Crippen molar-refractivity contribution >= 4 is 11.9 Å². The third-order valence-corrected chi connectivity index (χ3v) is 5.71. The quantitative estimate of drug-likeness (QED) is 0.614. The highest BCUT2D eigenvalue weighted by Gasteiger charge is 2.27. The zero-order valence-electron chi connectivity index (χ0n) is 17.6. The molecule has 1 aliphatic rings. The molecule has 4 rings (SSSR count). The van der Waals surface area contributed by atoms with Gasteiger partial charge < -0.3 is 14.2 Å². The van der Waals surface area contributed by atoms with Gasteiger partial charge in [0, 0.05) is 30.2 Å². The van der Waals surface area contributed by atoms with Crippen LogP contribution < -0.4 is 0 Å². The molecule has 0 radical (unpaired) electrons. The van der Waals surface area contributed by atoms with Gasteiger partial charge in [-0.25, -0.2) is 4.79 Å². The molecule has 3 aromatic rings. The van der Waals surface area contributed by atoms with Gasteiger partial charge in [0.1, 0.15) is 0 Å². The smallest absolute Gasteiger partial charge is 0.338 e. The second kappa shape index (κ2) is 8.19. The number of aromatic nitrogens is 1. The number of nitrogens with zero attached hydrogens (tertiary/aromatic N) is 2. The zero-order valence-corrected chi connectivity index (χ0v) is 17.6. The molecule has 0 spiro atoms. The Kier molecular flexibility index (Phi) is 5.44. The average Bonchev–Trinajstić information content (AvgIpc) is 3.10. The predicted molar refractivity (Wildman–Crippen MR) is 116 cm³/mol. The first kappa shape index (κ1) is 20.0. The van der Waals surface area contributed by atoms with E-state index in [0.29, 0.717) is 18.7 Å². The van der Waals surface area contributed by atoms with Gasteiger partial charge in [-0.05, 0) is 74.7 Å². The van der Waals surface area contributed by atoms with Crippen molar-refractivity contribution in [1.29, 1.82) is 0 Å². The second-order valence-electron chi connectivity index (χ2n) is 7.82. The minimum absolute atomic E-state index is 0.159. The first-order valence-electron chi connectivity index (χ1n) is 10.3. The summed E-state index contributed by atoms with van der Waals surface area (Å²) in [5, 5.41) is 0. The van der Waals surface area contributed by atoms with Gasteiger partial charge in [0.15, 0.2) is 6.10 Å². The maximum atomic E-state index is 12.8. The molecule has 30 heavy (non-hydrogen) atoms. The van der Waals surface area contributed by atoms with E-state index in [2.05, 4.69) is 22.8 Å². The van der Waals surface area contributed by atoms with E-state index in [1.807, 2.05) is 44.2 Å². The largest absolute Gasteiger partial charge is 0.449 e. The topological polar surface area (TPSA) is 51.5 Å². The lowest BCUT2D eigenvalue weighted by Crippen LogP contribution is -2.42. The van der Waals surface area contributed by atoms with Gasteiger partial charge in [-0.3, -0.25) is 4.79 Å². The molecule has 154 valence electrons. The third-order valence-electron chi connectivity index (χ3n) is 5.71. The summed E-state index contributed by atoms with van der Waals surface area (Å²) in [7, 11) is 0. The van der Waals surface area contributed by atoms with Crippen LogP contribution in [0.3, 0.4) is 0 Å². The number of carbonyl (C=O) groups excluding carboxylic acids is 2. The molecule has 5 heteroatoms. The Labute approximate surface area is 176 Å². The van der Waals surface area contributed by atoms with Gasteiger partial charge in [0.25, 0.3) is 5.91 Å². The molecular weight excluding hydrogens is 376 g/mol. The average molecular weight is 402 g/mol. The van der Waals surface area contributed by atoms with Crippen LogP contribution in [0.4, 0.5) is 0 Å². The number of hydrogen-bond acceptors (Lipinski definition) is 3. The summed E-state index contributed by atoms with van der Waals surface area (Å²) in [5.41, 5.74) is 6.11. The van der Waals surface area contributed by atoms with Crippen LogP contribution in [0, 0.1) is 13.8 Å². The first-order chi connectivity index (χ1) is 14.4. The molecule has 1 atom stereocenters. The Hall–Kier alpha value is -3.34. The number of carbonyl (C=O) groups is 2. The normalized spacial score (nSPS) is 14.2. The highest BCUT2D eigenvalue weighted by molar-refractivity contribution is 5.92. The van der Waals surface area contributed by atoms with Crippen LogP contribution in [0.2, 0.25) is 0 Å². The number of benzene rings is 2. The number of fused-ring (bicyclic) bond motifs is 1. The Balaban J connectivity index is 1.40. The minimum Gasteiger partial charge on any atom is -0.449 e. The highest BCUT2D eigenvalue weighted by atomic mass is 16.5. The van der Waals surface area contributed by atoms with E-state index in [0.717, 1.165) is 29.1 Å². The fourth-order valence-electron chi connectivity index (χ4n) is 4.04. The van der Waals surface area contributed by atoms with Gasteiger partial charge in [0.2, 0.25) is 0 Å². The second-order valence-corrected chi connectivity index (χ2v) is 7.82. The van der Waals surface area contributed by atoms with Crippen LogP contribution in [0.15, 0.2) is 60.7 Å². The molecule has 5 nitrogen and oxygen atoms in total. The molecule has 0 fully saturated rings. The molecule has 0 saturated carbocycles. The SMILES string of the molecule is Cc1ccc(C)n1-c1ccc(C(=O)O[C@@H](C)C(=O)N2CCc3ccccc3C2)cc1. The number of aryl methyl sites for hydroxylation is 2. The summed E-state index contributed by atoms with van der Waals surface area (Å²) in [6.07, 6.45) is -0.00111. The summed E-state index contributed by atoms with van der Waals surface area (Å²) >= 11 is 0. The molecule has 0 unspecified atom stereocenters. The minimum atomic E-state index is -0.823. The van der Waals surface area contributed by atoms with E-state index in [9.17, 15) is 9.59 Å². The van der Waals surface area contributed by atoms with Gasteiger partial charge in [-0.2, -0.15) is 0 Å². The number of ether oxygens (including phenoxy) is 1. The zero-order chi connectivity index (χ0) is 21.3. The summed E-state index contributed by atoms with van der Waals surface area (Å²) in [5.74, 6) is -0.645. The maximum Gasteiger partial charge on any atom is 0.338 e. The fourth-order valence-corrected chi connectivity index (χ4v) is 4.04. The molecule has 1 amide bonds. The van der Waals surface area contributed by atoms with E-state index >= 15 is 0 Å². The first-order valence-corrected chi connectivity index (χ1v) is 10.3. The van der Waals surface area contributed by atoms with Gasteiger partial charge in [-0.15, -0.1) is 0 Å². The van der Waals surface area contributed by atoms with Crippen molar-refractivity contribution in [3.05, 3.63) is 88.7 Å². The number of hydrogen-bond donors (Lipinski definition) is 0. The van der Waals surface area contributed by atoms with Crippen molar-refractivity contribution in [2.75, 3.05) is 6.54 Å². The molecular formula is C25H26N2O3. The Morgan fingerprint density at radius 2 is 1.53 bits per heavy atom. The number of rotatable bonds is 4. The molecule has 1 aliphatic heterocycles. The molecule has 0 bridgehead atoms. The van der Waals surface area contributed by atoms with Crippen molar-refractivity contribution in [2.24, 2.45) is 0 Å². The Bertz CT molecular complexity index is 1060.